The normalized spacial score (nSPS) is 11.2. The van der Waals surface area contributed by atoms with Gasteiger partial charge in [0.1, 0.15) is 17.3 Å². The first-order chi connectivity index (χ1) is 19.1. The summed E-state index contributed by atoms with van der Waals surface area (Å²) in [5.41, 5.74) is 2.44. The topological polar surface area (TPSA) is 113 Å². The zero-order chi connectivity index (χ0) is 28.7. The number of aromatic nitrogens is 3. The highest BCUT2D eigenvalue weighted by molar-refractivity contribution is 5.99. The first-order valence-corrected chi connectivity index (χ1v) is 13.0. The van der Waals surface area contributed by atoms with Crippen molar-refractivity contribution >= 4 is 23.4 Å². The Hall–Kier alpha value is -4.70. The van der Waals surface area contributed by atoms with Crippen molar-refractivity contribution in [1.82, 2.24) is 25.0 Å². The number of pyridine rings is 1. The molecule has 0 atom stereocenters. The number of carbonyl (C=O) groups is 2. The molecule has 3 N–H and O–H groups in total. The van der Waals surface area contributed by atoms with Gasteiger partial charge in [-0.15, -0.1) is 0 Å². The molecule has 0 spiro atoms. The van der Waals surface area contributed by atoms with Gasteiger partial charge in [-0.1, -0.05) is 20.8 Å². The van der Waals surface area contributed by atoms with Gasteiger partial charge in [-0.3, -0.25) is 15.1 Å². The van der Waals surface area contributed by atoms with Gasteiger partial charge >= 0.3 is 6.03 Å². The highest BCUT2D eigenvalue weighted by atomic mass is 16.5. The van der Waals surface area contributed by atoms with Gasteiger partial charge < -0.3 is 20.3 Å². The Morgan fingerprint density at radius 2 is 1.55 bits per heavy atom. The fraction of sp³-hybridized carbons (Fsp3) is 0.267. The minimum atomic E-state index is -0.415. The summed E-state index contributed by atoms with van der Waals surface area (Å²) < 4.78 is 7.44. The van der Waals surface area contributed by atoms with E-state index in [2.05, 4.69) is 41.7 Å². The van der Waals surface area contributed by atoms with Crippen LogP contribution in [0.25, 0.3) is 5.69 Å². The van der Waals surface area contributed by atoms with Crippen LogP contribution in [0.2, 0.25) is 0 Å². The van der Waals surface area contributed by atoms with Gasteiger partial charge in [0, 0.05) is 48.2 Å². The van der Waals surface area contributed by atoms with E-state index in [1.54, 1.807) is 65.6 Å². The lowest BCUT2D eigenvalue weighted by molar-refractivity contribution is 0.0951. The highest BCUT2D eigenvalue weighted by Crippen LogP contribution is 2.27. The van der Waals surface area contributed by atoms with Crippen LogP contribution in [0.5, 0.6) is 11.5 Å². The number of ether oxygens (including phenoxy) is 1. The molecule has 0 saturated heterocycles. The lowest BCUT2D eigenvalue weighted by Crippen LogP contribution is -2.31. The number of likely N-dealkylation sites (N-methyl/N-ethyl adjacent to an activating group) is 1. The van der Waals surface area contributed by atoms with Crippen LogP contribution in [-0.4, -0.2) is 58.8 Å². The van der Waals surface area contributed by atoms with E-state index < -0.39 is 6.03 Å². The van der Waals surface area contributed by atoms with E-state index >= 15 is 0 Å². The van der Waals surface area contributed by atoms with E-state index in [4.69, 9.17) is 9.84 Å². The summed E-state index contributed by atoms with van der Waals surface area (Å²) in [4.78, 5) is 31.4. The second-order valence-electron chi connectivity index (χ2n) is 10.6. The SMILES string of the molecule is CN(C)CCNC(=O)c1ccc(-n2nc(C(C)(C)C)cc2NC(=O)Nc2ccc(Oc3ccncc3)cc2)cc1. The van der Waals surface area contributed by atoms with E-state index in [9.17, 15) is 9.59 Å². The first kappa shape index (κ1) is 28.3. The lowest BCUT2D eigenvalue weighted by atomic mass is 9.92. The smallest absolute Gasteiger partial charge is 0.324 e. The van der Waals surface area contributed by atoms with Crippen molar-refractivity contribution in [1.29, 1.82) is 0 Å². The second kappa shape index (κ2) is 12.4. The minimum Gasteiger partial charge on any atom is -0.457 e. The molecule has 2 aromatic carbocycles. The highest BCUT2D eigenvalue weighted by Gasteiger charge is 2.22. The van der Waals surface area contributed by atoms with E-state index in [1.807, 2.05) is 37.2 Å². The van der Waals surface area contributed by atoms with E-state index in [1.165, 1.54) is 0 Å². The van der Waals surface area contributed by atoms with Gasteiger partial charge in [0.15, 0.2) is 0 Å². The zero-order valence-electron chi connectivity index (χ0n) is 23.4. The van der Waals surface area contributed by atoms with Crippen LogP contribution in [0.15, 0.2) is 79.1 Å². The average molecular weight is 542 g/mol. The number of carbonyl (C=O) groups excluding carboxylic acids is 2. The molecule has 0 aliphatic heterocycles. The number of urea groups is 1. The number of hydrogen-bond acceptors (Lipinski definition) is 6. The van der Waals surface area contributed by atoms with Crippen molar-refractivity contribution < 1.29 is 14.3 Å². The fourth-order valence-electron chi connectivity index (χ4n) is 3.71. The van der Waals surface area contributed by atoms with Crippen LogP contribution < -0.4 is 20.7 Å². The Kier molecular flexibility index (Phi) is 8.80. The molecule has 0 bridgehead atoms. The van der Waals surface area contributed by atoms with Crippen LogP contribution in [0.3, 0.4) is 0 Å². The lowest BCUT2D eigenvalue weighted by Gasteiger charge is -2.14. The van der Waals surface area contributed by atoms with Crippen molar-refractivity contribution in [3.05, 3.63) is 90.4 Å². The third-order valence-corrected chi connectivity index (χ3v) is 5.94. The minimum absolute atomic E-state index is 0.140. The summed E-state index contributed by atoms with van der Waals surface area (Å²) in [6.07, 6.45) is 3.31. The Balaban J connectivity index is 1.46. The maximum Gasteiger partial charge on any atom is 0.324 e. The van der Waals surface area contributed by atoms with Crippen LogP contribution in [0.1, 0.15) is 36.8 Å². The van der Waals surface area contributed by atoms with Crippen LogP contribution in [-0.2, 0) is 5.41 Å². The number of hydrogen-bond donors (Lipinski definition) is 3. The van der Waals surface area contributed by atoms with Gasteiger partial charge in [0.25, 0.3) is 5.91 Å². The van der Waals surface area contributed by atoms with Gasteiger partial charge in [-0.2, -0.15) is 5.10 Å². The molecule has 3 amide bonds. The van der Waals surface area contributed by atoms with Crippen molar-refractivity contribution in [2.24, 2.45) is 0 Å². The molecule has 0 aliphatic rings. The second-order valence-corrected chi connectivity index (χ2v) is 10.6. The standard InChI is InChI=1S/C30H35N7O3/c1-30(2,3)26-20-27(37(35-26)23-10-6-21(7-11-23)28(38)32-18-19-36(4)5)34-29(39)33-22-8-12-24(13-9-22)40-25-14-16-31-17-15-25/h6-17,20H,18-19H2,1-5H3,(H,32,38)(H2,33,34,39). The fourth-order valence-corrected chi connectivity index (χ4v) is 3.71. The Morgan fingerprint density at radius 3 is 2.17 bits per heavy atom. The summed E-state index contributed by atoms with van der Waals surface area (Å²) in [6.45, 7) is 7.49. The Labute approximate surface area is 234 Å². The predicted molar refractivity (Wildman–Crippen MR) is 157 cm³/mol. The molecule has 4 rings (SSSR count). The molecule has 10 heteroatoms. The largest absolute Gasteiger partial charge is 0.457 e. The Morgan fingerprint density at radius 1 is 0.900 bits per heavy atom. The molecule has 0 radical (unpaired) electrons. The van der Waals surface area contributed by atoms with Crippen LogP contribution >= 0.6 is 0 Å². The van der Waals surface area contributed by atoms with E-state index in [-0.39, 0.29) is 11.3 Å². The maximum absolute atomic E-state index is 12.9. The summed E-state index contributed by atoms with van der Waals surface area (Å²) in [6, 6.07) is 19.2. The molecule has 4 aromatic rings. The van der Waals surface area contributed by atoms with E-state index in [0.717, 1.165) is 12.2 Å². The van der Waals surface area contributed by atoms with Gasteiger partial charge in [0.05, 0.1) is 11.4 Å². The quantitative estimate of drug-likeness (QED) is 0.265. The number of amides is 3. The third-order valence-electron chi connectivity index (χ3n) is 5.94. The number of nitrogens with one attached hydrogen (secondary N) is 3. The van der Waals surface area contributed by atoms with Gasteiger partial charge in [0.2, 0.25) is 0 Å². The molecule has 0 fully saturated rings. The number of rotatable bonds is 9. The van der Waals surface area contributed by atoms with Crippen molar-refractivity contribution in [2.45, 2.75) is 26.2 Å². The van der Waals surface area contributed by atoms with Crippen LogP contribution in [0, 0.1) is 0 Å². The van der Waals surface area contributed by atoms with Crippen LogP contribution in [0.4, 0.5) is 16.3 Å². The maximum atomic E-state index is 12.9. The van der Waals surface area contributed by atoms with E-state index in [0.29, 0.717) is 40.8 Å². The molecule has 2 heterocycles. The molecule has 0 unspecified atom stereocenters. The molecule has 40 heavy (non-hydrogen) atoms. The average Bonchev–Trinajstić information content (AvgIpc) is 3.34. The predicted octanol–water partition coefficient (Wildman–Crippen LogP) is 5.29. The summed E-state index contributed by atoms with van der Waals surface area (Å²) in [7, 11) is 3.91. The molecule has 208 valence electrons. The Bertz CT molecular complexity index is 1430. The van der Waals surface area contributed by atoms with Crippen molar-refractivity contribution in [3.8, 4) is 17.2 Å². The van der Waals surface area contributed by atoms with Crippen molar-refractivity contribution in [3.63, 3.8) is 0 Å². The van der Waals surface area contributed by atoms with Gasteiger partial charge in [-0.05, 0) is 74.8 Å². The number of anilines is 2. The van der Waals surface area contributed by atoms with Crippen molar-refractivity contribution in [2.75, 3.05) is 37.8 Å². The molecule has 10 nitrogen and oxygen atoms in total. The molecule has 0 aliphatic carbocycles. The van der Waals surface area contributed by atoms with Gasteiger partial charge in [-0.25, -0.2) is 9.48 Å². The molecule has 2 aromatic heterocycles. The molecular weight excluding hydrogens is 506 g/mol. The number of benzene rings is 2. The zero-order valence-corrected chi connectivity index (χ0v) is 23.4. The first-order valence-electron chi connectivity index (χ1n) is 13.0. The summed E-state index contributed by atoms with van der Waals surface area (Å²) in [5.74, 6) is 1.68. The summed E-state index contributed by atoms with van der Waals surface area (Å²) >= 11 is 0. The molecular formula is C30H35N7O3. The third kappa shape index (κ3) is 7.67. The summed E-state index contributed by atoms with van der Waals surface area (Å²) in [5, 5.41) is 13.4. The number of nitrogens with zero attached hydrogens (tertiary/aromatic N) is 4. The molecule has 0 saturated carbocycles. The monoisotopic (exact) mass is 541 g/mol.